The van der Waals surface area contributed by atoms with Gasteiger partial charge in [0.25, 0.3) is 0 Å². The van der Waals surface area contributed by atoms with Crippen molar-refractivity contribution >= 4 is 33.4 Å². The van der Waals surface area contributed by atoms with Crippen molar-refractivity contribution in [1.29, 1.82) is 0 Å². The Bertz CT molecular complexity index is 718. The fourth-order valence-electron chi connectivity index (χ4n) is 4.68. The van der Waals surface area contributed by atoms with Crippen LogP contribution in [0, 0.1) is 5.92 Å². The predicted molar refractivity (Wildman–Crippen MR) is 119 cm³/mol. The average molecular weight is 435 g/mol. The Labute approximate surface area is 183 Å². The summed E-state index contributed by atoms with van der Waals surface area (Å²) in [4.78, 5) is 31.1. The number of likely N-dealkylation sites (tertiary alicyclic amines) is 1. The van der Waals surface area contributed by atoms with E-state index in [0.717, 1.165) is 57.0 Å². The van der Waals surface area contributed by atoms with E-state index < -0.39 is 0 Å². The number of rotatable bonds is 7. The number of amides is 2. The lowest BCUT2D eigenvalue weighted by Gasteiger charge is -2.31. The van der Waals surface area contributed by atoms with Gasteiger partial charge in [-0.25, -0.2) is 0 Å². The number of nitrogens with zero attached hydrogens (tertiary/aromatic N) is 5. The molecular weight excluding hydrogens is 400 g/mol. The number of piperidine rings is 1. The van der Waals surface area contributed by atoms with Crippen LogP contribution in [0.5, 0.6) is 0 Å². The summed E-state index contributed by atoms with van der Waals surface area (Å²) >= 11 is 1.46. The lowest BCUT2D eigenvalue weighted by molar-refractivity contribution is -0.125. The predicted octanol–water partition coefficient (Wildman–Crippen LogP) is 2.26. The van der Waals surface area contributed by atoms with Gasteiger partial charge < -0.3 is 15.1 Å². The van der Waals surface area contributed by atoms with Crippen molar-refractivity contribution < 1.29 is 9.59 Å². The fourth-order valence-corrected chi connectivity index (χ4v) is 5.60. The zero-order valence-electron chi connectivity index (χ0n) is 17.9. The average Bonchev–Trinajstić information content (AvgIpc) is 3.34. The zero-order chi connectivity index (χ0) is 20.8. The molecule has 8 nitrogen and oxygen atoms in total. The Hall–Kier alpha value is -1.74. The van der Waals surface area contributed by atoms with Crippen molar-refractivity contribution in [3.63, 3.8) is 0 Å². The number of nitrogens with one attached hydrogen (secondary N) is 1. The van der Waals surface area contributed by atoms with Crippen LogP contribution in [0.25, 0.3) is 0 Å². The lowest BCUT2D eigenvalue weighted by Crippen LogP contribution is -2.43. The van der Waals surface area contributed by atoms with E-state index in [2.05, 4.69) is 25.3 Å². The molecular formula is C21H34N6O2S. The van der Waals surface area contributed by atoms with E-state index in [4.69, 9.17) is 0 Å². The molecule has 3 saturated heterocycles. The molecule has 4 heterocycles. The van der Waals surface area contributed by atoms with E-state index in [-0.39, 0.29) is 17.7 Å². The summed E-state index contributed by atoms with van der Waals surface area (Å²) in [5.74, 6) is 0.293. The molecule has 30 heavy (non-hydrogen) atoms. The molecule has 166 valence electrons. The molecule has 0 aromatic carbocycles. The summed E-state index contributed by atoms with van der Waals surface area (Å²) in [5.41, 5.74) is 0. The van der Waals surface area contributed by atoms with Gasteiger partial charge in [-0.1, -0.05) is 24.2 Å². The summed E-state index contributed by atoms with van der Waals surface area (Å²) < 4.78 is 0. The standard InChI is InChI=1S/C21H34N6O2S/c28-18-9-6-15-27(18)21-24-23-20(30-21)26-14-5-8-17(16-26)19(29)22-10-7-13-25-11-3-1-2-4-12-25/h17H,1-16H2,(H,22,29)/t17-/m0/s1. The minimum Gasteiger partial charge on any atom is -0.356 e. The topological polar surface area (TPSA) is 81.7 Å². The van der Waals surface area contributed by atoms with Crippen LogP contribution < -0.4 is 15.1 Å². The molecule has 1 aromatic rings. The van der Waals surface area contributed by atoms with Crippen molar-refractivity contribution in [1.82, 2.24) is 20.4 Å². The summed E-state index contributed by atoms with van der Waals surface area (Å²) in [6.07, 6.45) is 9.73. The molecule has 1 aromatic heterocycles. The van der Waals surface area contributed by atoms with E-state index in [9.17, 15) is 9.59 Å². The van der Waals surface area contributed by atoms with Crippen LogP contribution in [-0.2, 0) is 9.59 Å². The smallest absolute Gasteiger partial charge is 0.228 e. The van der Waals surface area contributed by atoms with Gasteiger partial charge in [0.15, 0.2) is 0 Å². The Morgan fingerprint density at radius 1 is 1.00 bits per heavy atom. The quantitative estimate of drug-likeness (QED) is 0.663. The van der Waals surface area contributed by atoms with Gasteiger partial charge >= 0.3 is 0 Å². The van der Waals surface area contributed by atoms with Gasteiger partial charge in [-0.15, -0.1) is 10.2 Å². The summed E-state index contributed by atoms with van der Waals surface area (Å²) in [6, 6.07) is 0. The minimum absolute atomic E-state index is 0.00212. The van der Waals surface area contributed by atoms with E-state index in [1.807, 2.05) is 0 Å². The first-order valence-electron chi connectivity index (χ1n) is 11.6. The van der Waals surface area contributed by atoms with Crippen LogP contribution in [0.4, 0.5) is 10.3 Å². The maximum Gasteiger partial charge on any atom is 0.228 e. The molecule has 0 radical (unpaired) electrons. The molecule has 0 bridgehead atoms. The third-order valence-electron chi connectivity index (χ3n) is 6.42. The second kappa shape index (κ2) is 10.5. The molecule has 3 fully saturated rings. The molecule has 1 N–H and O–H groups in total. The lowest BCUT2D eigenvalue weighted by atomic mass is 9.97. The van der Waals surface area contributed by atoms with Crippen molar-refractivity contribution in [3.8, 4) is 0 Å². The second-order valence-electron chi connectivity index (χ2n) is 8.70. The van der Waals surface area contributed by atoms with Gasteiger partial charge in [0, 0.05) is 32.6 Å². The maximum atomic E-state index is 12.7. The van der Waals surface area contributed by atoms with E-state index in [1.54, 1.807) is 4.90 Å². The van der Waals surface area contributed by atoms with Crippen LogP contribution in [0.2, 0.25) is 0 Å². The third-order valence-corrected chi connectivity index (χ3v) is 7.43. The number of carbonyl (C=O) groups excluding carboxylic acids is 2. The first-order valence-corrected chi connectivity index (χ1v) is 12.4. The van der Waals surface area contributed by atoms with E-state index in [1.165, 1.54) is 50.1 Å². The van der Waals surface area contributed by atoms with Gasteiger partial charge in [-0.05, 0) is 58.2 Å². The number of carbonyl (C=O) groups is 2. The first-order chi connectivity index (χ1) is 14.7. The Kier molecular flexibility index (Phi) is 7.54. The number of hydrogen-bond acceptors (Lipinski definition) is 7. The summed E-state index contributed by atoms with van der Waals surface area (Å²) in [5, 5.41) is 13.2. The molecule has 1 atom stereocenters. The van der Waals surface area contributed by atoms with Crippen molar-refractivity contribution in [2.75, 3.05) is 55.6 Å². The van der Waals surface area contributed by atoms with Crippen molar-refractivity contribution in [2.24, 2.45) is 5.92 Å². The summed E-state index contributed by atoms with van der Waals surface area (Å²) in [6.45, 7) is 6.56. The van der Waals surface area contributed by atoms with Gasteiger partial charge in [0.05, 0.1) is 5.92 Å². The van der Waals surface area contributed by atoms with Crippen LogP contribution >= 0.6 is 11.3 Å². The molecule has 9 heteroatoms. The van der Waals surface area contributed by atoms with Crippen LogP contribution in [0.3, 0.4) is 0 Å². The summed E-state index contributed by atoms with van der Waals surface area (Å²) in [7, 11) is 0. The second-order valence-corrected chi connectivity index (χ2v) is 9.64. The fraction of sp³-hybridized carbons (Fsp3) is 0.810. The molecule has 2 amide bonds. The Balaban J connectivity index is 1.22. The molecule has 3 aliphatic heterocycles. The molecule has 0 saturated carbocycles. The van der Waals surface area contributed by atoms with E-state index >= 15 is 0 Å². The van der Waals surface area contributed by atoms with Gasteiger partial charge in [0.1, 0.15) is 0 Å². The maximum absolute atomic E-state index is 12.7. The molecule has 0 aliphatic carbocycles. The van der Waals surface area contributed by atoms with E-state index in [0.29, 0.717) is 18.1 Å². The third kappa shape index (κ3) is 5.49. The van der Waals surface area contributed by atoms with Gasteiger partial charge in [-0.3, -0.25) is 14.5 Å². The Morgan fingerprint density at radius 2 is 1.80 bits per heavy atom. The monoisotopic (exact) mass is 434 g/mol. The molecule has 3 aliphatic rings. The SMILES string of the molecule is O=C(NCCCN1CCCCCC1)[C@H]1CCCN(c2nnc(N3CCCC3=O)s2)C1. The first kappa shape index (κ1) is 21.5. The molecule has 4 rings (SSSR count). The number of anilines is 2. The highest BCUT2D eigenvalue weighted by Gasteiger charge is 2.30. The van der Waals surface area contributed by atoms with Crippen LogP contribution in [0.15, 0.2) is 0 Å². The normalized spacial score (nSPS) is 23.6. The van der Waals surface area contributed by atoms with Crippen molar-refractivity contribution in [2.45, 2.75) is 57.8 Å². The molecule has 0 spiro atoms. The van der Waals surface area contributed by atoms with Crippen molar-refractivity contribution in [3.05, 3.63) is 0 Å². The Morgan fingerprint density at radius 3 is 2.57 bits per heavy atom. The zero-order valence-corrected chi connectivity index (χ0v) is 18.7. The molecule has 0 unspecified atom stereocenters. The highest BCUT2D eigenvalue weighted by Crippen LogP contribution is 2.32. The van der Waals surface area contributed by atoms with Crippen LogP contribution in [0.1, 0.15) is 57.8 Å². The number of hydrogen-bond donors (Lipinski definition) is 1. The number of aromatic nitrogens is 2. The highest BCUT2D eigenvalue weighted by atomic mass is 32.1. The largest absolute Gasteiger partial charge is 0.356 e. The van der Waals surface area contributed by atoms with Crippen LogP contribution in [-0.4, -0.2) is 72.7 Å². The minimum atomic E-state index is -0.00212. The van der Waals surface area contributed by atoms with Gasteiger partial charge in [-0.2, -0.15) is 0 Å². The highest BCUT2D eigenvalue weighted by molar-refractivity contribution is 7.19. The van der Waals surface area contributed by atoms with Gasteiger partial charge in [0.2, 0.25) is 22.1 Å².